The standard InChI is InChI=1S/C10H10Cl2FNO/c1-6(5-11)10(15)14-7-2-3-8(12)9(13)4-7/h2-4,6H,5H2,1H3,(H,14,15). The third-order valence-electron chi connectivity index (χ3n) is 1.87. The van der Waals surface area contributed by atoms with Crippen LogP contribution < -0.4 is 5.32 Å². The Balaban J connectivity index is 2.73. The van der Waals surface area contributed by atoms with Crippen LogP contribution in [0.5, 0.6) is 0 Å². The Morgan fingerprint density at radius 2 is 2.27 bits per heavy atom. The maximum absolute atomic E-state index is 13.0. The highest BCUT2D eigenvalue weighted by atomic mass is 35.5. The van der Waals surface area contributed by atoms with E-state index < -0.39 is 5.82 Å². The van der Waals surface area contributed by atoms with Crippen LogP contribution in [-0.2, 0) is 4.79 Å². The first-order valence-electron chi connectivity index (χ1n) is 4.36. The number of halogens is 3. The molecule has 1 atom stereocenters. The van der Waals surface area contributed by atoms with Gasteiger partial charge in [-0.15, -0.1) is 11.6 Å². The van der Waals surface area contributed by atoms with E-state index in [9.17, 15) is 9.18 Å². The van der Waals surface area contributed by atoms with Crippen LogP contribution in [0.3, 0.4) is 0 Å². The maximum Gasteiger partial charge on any atom is 0.228 e. The molecule has 0 fully saturated rings. The second-order valence-corrected chi connectivity index (χ2v) is 3.89. The molecule has 0 spiro atoms. The van der Waals surface area contributed by atoms with Gasteiger partial charge in [0, 0.05) is 17.5 Å². The first-order chi connectivity index (χ1) is 7.04. The van der Waals surface area contributed by atoms with Crippen molar-refractivity contribution in [1.29, 1.82) is 0 Å². The summed E-state index contributed by atoms with van der Waals surface area (Å²) in [6.07, 6.45) is 0. The molecule has 2 nitrogen and oxygen atoms in total. The summed E-state index contributed by atoms with van der Waals surface area (Å²) in [5.74, 6) is -0.896. The summed E-state index contributed by atoms with van der Waals surface area (Å²) >= 11 is 11.0. The molecule has 1 N–H and O–H groups in total. The van der Waals surface area contributed by atoms with Gasteiger partial charge in [0.15, 0.2) is 0 Å². The first kappa shape index (κ1) is 12.3. The van der Waals surface area contributed by atoms with Crippen molar-refractivity contribution >= 4 is 34.8 Å². The molecule has 0 aliphatic rings. The summed E-state index contributed by atoms with van der Waals surface area (Å²) in [5, 5.41) is 2.56. The van der Waals surface area contributed by atoms with Gasteiger partial charge in [-0.3, -0.25) is 4.79 Å². The van der Waals surface area contributed by atoms with Gasteiger partial charge in [0.1, 0.15) is 5.82 Å². The first-order valence-corrected chi connectivity index (χ1v) is 5.27. The quantitative estimate of drug-likeness (QED) is 0.819. The molecule has 0 heterocycles. The lowest BCUT2D eigenvalue weighted by Gasteiger charge is -2.09. The molecule has 0 saturated carbocycles. The zero-order valence-electron chi connectivity index (χ0n) is 8.06. The second kappa shape index (κ2) is 5.33. The van der Waals surface area contributed by atoms with Crippen LogP contribution in [0.2, 0.25) is 5.02 Å². The Hall–Kier alpha value is -0.800. The van der Waals surface area contributed by atoms with Gasteiger partial charge in [-0.1, -0.05) is 18.5 Å². The minimum atomic E-state index is -0.562. The van der Waals surface area contributed by atoms with Gasteiger partial charge in [0.2, 0.25) is 5.91 Å². The van der Waals surface area contributed by atoms with E-state index in [0.29, 0.717) is 5.69 Å². The van der Waals surface area contributed by atoms with Gasteiger partial charge in [-0.25, -0.2) is 4.39 Å². The van der Waals surface area contributed by atoms with Crippen molar-refractivity contribution in [2.45, 2.75) is 6.92 Å². The van der Waals surface area contributed by atoms with Crippen LogP contribution >= 0.6 is 23.2 Å². The normalized spacial score (nSPS) is 12.3. The van der Waals surface area contributed by atoms with E-state index in [2.05, 4.69) is 5.32 Å². The molecule has 0 aliphatic carbocycles. The molecule has 1 amide bonds. The molecule has 1 aromatic carbocycles. The van der Waals surface area contributed by atoms with E-state index in [0.717, 1.165) is 0 Å². The fraction of sp³-hybridized carbons (Fsp3) is 0.300. The molecule has 5 heteroatoms. The summed E-state index contributed by atoms with van der Waals surface area (Å²) in [7, 11) is 0. The largest absolute Gasteiger partial charge is 0.326 e. The average molecular weight is 250 g/mol. The third-order valence-corrected chi connectivity index (χ3v) is 2.64. The number of rotatable bonds is 3. The molecule has 15 heavy (non-hydrogen) atoms. The molecule has 0 aliphatic heterocycles. The third kappa shape index (κ3) is 3.36. The Labute approximate surface area is 97.4 Å². The van der Waals surface area contributed by atoms with Crippen molar-refractivity contribution in [3.63, 3.8) is 0 Å². The Bertz CT molecular complexity index is 370. The van der Waals surface area contributed by atoms with Crippen LogP contribution in [-0.4, -0.2) is 11.8 Å². The second-order valence-electron chi connectivity index (χ2n) is 3.17. The predicted octanol–water partition coefficient (Wildman–Crippen LogP) is 3.29. The Morgan fingerprint density at radius 1 is 1.60 bits per heavy atom. The van der Waals surface area contributed by atoms with E-state index in [1.165, 1.54) is 18.2 Å². The summed E-state index contributed by atoms with van der Waals surface area (Å²) in [6.45, 7) is 1.69. The molecule has 0 bridgehead atoms. The van der Waals surface area contributed by atoms with Crippen LogP contribution in [0, 0.1) is 11.7 Å². The van der Waals surface area contributed by atoms with Gasteiger partial charge < -0.3 is 5.32 Å². The van der Waals surface area contributed by atoms with Crippen molar-refractivity contribution in [2.24, 2.45) is 5.92 Å². The Morgan fingerprint density at radius 3 is 2.80 bits per heavy atom. The van der Waals surface area contributed by atoms with Gasteiger partial charge in [0.25, 0.3) is 0 Å². The van der Waals surface area contributed by atoms with Gasteiger partial charge in [-0.2, -0.15) is 0 Å². The molecule has 1 unspecified atom stereocenters. The fourth-order valence-corrected chi connectivity index (χ4v) is 1.17. The van der Waals surface area contributed by atoms with E-state index in [1.807, 2.05) is 0 Å². The van der Waals surface area contributed by atoms with Crippen LogP contribution in [0.4, 0.5) is 10.1 Å². The predicted molar refractivity (Wildman–Crippen MR) is 59.9 cm³/mol. The van der Waals surface area contributed by atoms with E-state index in [-0.39, 0.29) is 22.7 Å². The average Bonchev–Trinajstić information content (AvgIpc) is 2.22. The van der Waals surface area contributed by atoms with Crippen molar-refractivity contribution in [1.82, 2.24) is 0 Å². The lowest BCUT2D eigenvalue weighted by molar-refractivity contribution is -0.118. The van der Waals surface area contributed by atoms with Crippen molar-refractivity contribution in [3.05, 3.63) is 29.0 Å². The summed E-state index contributed by atoms with van der Waals surface area (Å²) in [4.78, 5) is 11.4. The minimum absolute atomic E-state index is 0.0263. The fourth-order valence-electron chi connectivity index (χ4n) is 0.909. The number of benzene rings is 1. The smallest absolute Gasteiger partial charge is 0.228 e. The highest BCUT2D eigenvalue weighted by molar-refractivity contribution is 6.30. The Kier molecular flexibility index (Phi) is 4.36. The number of anilines is 1. The molecule has 1 rings (SSSR count). The molecule has 82 valence electrons. The number of carbonyl (C=O) groups excluding carboxylic acids is 1. The number of hydrogen-bond acceptors (Lipinski definition) is 1. The van der Waals surface area contributed by atoms with E-state index >= 15 is 0 Å². The number of nitrogens with one attached hydrogen (secondary N) is 1. The zero-order chi connectivity index (χ0) is 11.4. The van der Waals surface area contributed by atoms with Gasteiger partial charge in [-0.05, 0) is 18.2 Å². The summed E-state index contributed by atoms with van der Waals surface area (Å²) in [6, 6.07) is 4.09. The zero-order valence-corrected chi connectivity index (χ0v) is 9.57. The van der Waals surface area contributed by atoms with Crippen molar-refractivity contribution in [2.75, 3.05) is 11.2 Å². The van der Waals surface area contributed by atoms with Gasteiger partial charge in [0.05, 0.1) is 5.02 Å². The lowest BCUT2D eigenvalue weighted by atomic mass is 10.2. The molecule has 0 saturated heterocycles. The molecular weight excluding hydrogens is 240 g/mol. The monoisotopic (exact) mass is 249 g/mol. The number of alkyl halides is 1. The lowest BCUT2D eigenvalue weighted by Crippen LogP contribution is -2.21. The van der Waals surface area contributed by atoms with E-state index in [4.69, 9.17) is 23.2 Å². The van der Waals surface area contributed by atoms with Gasteiger partial charge >= 0.3 is 0 Å². The number of amides is 1. The number of carbonyl (C=O) groups is 1. The van der Waals surface area contributed by atoms with Crippen LogP contribution in [0.25, 0.3) is 0 Å². The molecule has 1 aromatic rings. The SMILES string of the molecule is CC(CCl)C(=O)Nc1ccc(Cl)c(F)c1. The molecule has 0 radical (unpaired) electrons. The van der Waals surface area contributed by atoms with Crippen LogP contribution in [0.15, 0.2) is 18.2 Å². The van der Waals surface area contributed by atoms with Crippen LogP contribution in [0.1, 0.15) is 6.92 Å². The highest BCUT2D eigenvalue weighted by Crippen LogP contribution is 2.19. The highest BCUT2D eigenvalue weighted by Gasteiger charge is 2.12. The molecular formula is C10H10Cl2FNO. The summed E-state index contributed by atoms with van der Waals surface area (Å²) < 4.78 is 13.0. The van der Waals surface area contributed by atoms with Crippen molar-refractivity contribution in [3.8, 4) is 0 Å². The van der Waals surface area contributed by atoms with E-state index in [1.54, 1.807) is 6.92 Å². The topological polar surface area (TPSA) is 29.1 Å². The molecule has 0 aromatic heterocycles. The number of hydrogen-bond donors (Lipinski definition) is 1. The summed E-state index contributed by atoms with van der Waals surface area (Å²) in [5.41, 5.74) is 0.374. The van der Waals surface area contributed by atoms with Crippen molar-refractivity contribution < 1.29 is 9.18 Å². The minimum Gasteiger partial charge on any atom is -0.326 e. The maximum atomic E-state index is 13.0.